The number of ether oxygens (including phenoxy) is 1. The Morgan fingerprint density at radius 3 is 2.79 bits per heavy atom. The van der Waals surface area contributed by atoms with E-state index in [9.17, 15) is 9.59 Å². The second-order valence-corrected chi connectivity index (χ2v) is 6.96. The molecule has 24 heavy (non-hydrogen) atoms. The van der Waals surface area contributed by atoms with Gasteiger partial charge in [-0.25, -0.2) is 4.79 Å². The van der Waals surface area contributed by atoms with Gasteiger partial charge in [0.1, 0.15) is 0 Å². The van der Waals surface area contributed by atoms with Crippen molar-refractivity contribution in [1.29, 1.82) is 0 Å². The third-order valence-electron chi connectivity index (χ3n) is 5.19. The molecule has 2 heterocycles. The van der Waals surface area contributed by atoms with Crippen molar-refractivity contribution in [2.24, 2.45) is 11.3 Å². The second kappa shape index (κ2) is 6.88. The molecule has 2 aliphatic rings. The minimum absolute atomic E-state index is 0.0488. The summed E-state index contributed by atoms with van der Waals surface area (Å²) in [5, 5.41) is 16.4. The molecule has 1 saturated heterocycles. The summed E-state index contributed by atoms with van der Waals surface area (Å²) in [6.07, 6.45) is 6.31. The number of amides is 1. The molecule has 0 aromatic carbocycles. The van der Waals surface area contributed by atoms with Gasteiger partial charge in [-0.1, -0.05) is 11.6 Å². The second-order valence-electron chi connectivity index (χ2n) is 6.96. The fraction of sp³-hybridized carbons (Fsp3) is 0.750. The Labute approximate surface area is 140 Å². The Balaban J connectivity index is 1.61. The molecule has 1 aliphatic heterocycles. The Bertz CT molecular complexity index is 611. The average molecular weight is 336 g/mol. The lowest BCUT2D eigenvalue weighted by molar-refractivity contribution is -0.154. The zero-order valence-electron chi connectivity index (χ0n) is 14.0. The van der Waals surface area contributed by atoms with Crippen molar-refractivity contribution in [2.45, 2.75) is 38.6 Å². The first-order valence-electron chi connectivity index (χ1n) is 8.46. The number of piperidine rings is 1. The van der Waals surface area contributed by atoms with Gasteiger partial charge in [-0.15, -0.1) is 5.10 Å². The summed E-state index contributed by atoms with van der Waals surface area (Å²) in [6.45, 7) is 2.56. The van der Waals surface area contributed by atoms with Crippen LogP contribution in [0.2, 0.25) is 0 Å². The fourth-order valence-corrected chi connectivity index (χ4v) is 3.78. The van der Waals surface area contributed by atoms with E-state index in [-0.39, 0.29) is 22.9 Å². The van der Waals surface area contributed by atoms with E-state index in [1.165, 1.54) is 6.20 Å². The third-order valence-corrected chi connectivity index (χ3v) is 5.19. The highest BCUT2D eigenvalue weighted by atomic mass is 16.5. The van der Waals surface area contributed by atoms with Crippen LogP contribution in [-0.4, -0.2) is 63.7 Å². The summed E-state index contributed by atoms with van der Waals surface area (Å²) in [4.78, 5) is 25.8. The van der Waals surface area contributed by atoms with Crippen LogP contribution in [0.4, 0.5) is 0 Å². The number of hydrogen-bond acceptors (Lipinski definition) is 5. The molecule has 1 aromatic heterocycles. The van der Waals surface area contributed by atoms with E-state index in [0.717, 1.165) is 38.6 Å². The number of nitrogens with zero attached hydrogens (tertiary/aromatic N) is 4. The summed E-state index contributed by atoms with van der Waals surface area (Å²) in [6, 6.07) is 0. The highest BCUT2D eigenvalue weighted by Gasteiger charge is 2.47. The third kappa shape index (κ3) is 3.28. The molecule has 8 nitrogen and oxygen atoms in total. The van der Waals surface area contributed by atoms with E-state index in [1.807, 2.05) is 4.90 Å². The standard InChI is InChI=1S/C16H24N4O4/c1-24-11-16(5-3-6-16)15(23)19-7-2-4-12(8-19)9-20-10-13(14(21)22)17-18-20/h10,12H,2-9,11H2,1H3,(H,21,22)/t12-/m0/s1. The Hall–Kier alpha value is -1.96. The van der Waals surface area contributed by atoms with Crippen LogP contribution in [0.5, 0.6) is 0 Å². The van der Waals surface area contributed by atoms with E-state index in [4.69, 9.17) is 9.84 Å². The first kappa shape index (κ1) is 16.9. The van der Waals surface area contributed by atoms with Gasteiger partial charge >= 0.3 is 5.97 Å². The lowest BCUT2D eigenvalue weighted by Crippen LogP contribution is -2.53. The molecule has 0 unspecified atom stereocenters. The molecular formula is C16H24N4O4. The van der Waals surface area contributed by atoms with Crippen LogP contribution in [0, 0.1) is 11.3 Å². The molecule has 1 aliphatic carbocycles. The SMILES string of the molecule is COCC1(C(=O)N2CCC[C@H](Cn3cc(C(=O)O)nn3)C2)CCC1. The predicted molar refractivity (Wildman–Crippen MR) is 84.4 cm³/mol. The van der Waals surface area contributed by atoms with Crippen molar-refractivity contribution in [3.63, 3.8) is 0 Å². The van der Waals surface area contributed by atoms with E-state index in [1.54, 1.807) is 11.8 Å². The van der Waals surface area contributed by atoms with Gasteiger partial charge in [0.25, 0.3) is 0 Å². The van der Waals surface area contributed by atoms with E-state index < -0.39 is 5.97 Å². The fourth-order valence-electron chi connectivity index (χ4n) is 3.78. The van der Waals surface area contributed by atoms with Gasteiger partial charge in [0.05, 0.1) is 18.2 Å². The predicted octanol–water partition coefficient (Wildman–Crippen LogP) is 1.03. The Kier molecular flexibility index (Phi) is 4.84. The quantitative estimate of drug-likeness (QED) is 0.833. The Morgan fingerprint density at radius 1 is 1.42 bits per heavy atom. The molecule has 1 aromatic rings. The smallest absolute Gasteiger partial charge is 0.358 e. The number of likely N-dealkylation sites (tertiary alicyclic amines) is 1. The van der Waals surface area contributed by atoms with Crippen LogP contribution < -0.4 is 0 Å². The van der Waals surface area contributed by atoms with Crippen molar-refractivity contribution in [1.82, 2.24) is 19.9 Å². The molecule has 8 heteroatoms. The number of carbonyl (C=O) groups excluding carboxylic acids is 1. The van der Waals surface area contributed by atoms with Gasteiger partial charge in [-0.05, 0) is 31.6 Å². The number of rotatable bonds is 6. The van der Waals surface area contributed by atoms with Gasteiger partial charge in [-0.2, -0.15) is 0 Å². The van der Waals surface area contributed by atoms with Crippen LogP contribution in [0.1, 0.15) is 42.6 Å². The minimum atomic E-state index is -1.08. The van der Waals surface area contributed by atoms with E-state index in [0.29, 0.717) is 19.7 Å². The summed E-state index contributed by atoms with van der Waals surface area (Å²) < 4.78 is 6.85. The highest BCUT2D eigenvalue weighted by molar-refractivity contribution is 5.84. The number of aromatic carboxylic acids is 1. The molecule has 2 fully saturated rings. The average Bonchev–Trinajstić information content (AvgIpc) is 2.99. The van der Waals surface area contributed by atoms with E-state index in [2.05, 4.69) is 10.3 Å². The van der Waals surface area contributed by atoms with E-state index >= 15 is 0 Å². The van der Waals surface area contributed by atoms with Crippen LogP contribution in [-0.2, 0) is 16.1 Å². The van der Waals surface area contributed by atoms with Crippen molar-refractivity contribution in [3.05, 3.63) is 11.9 Å². The molecule has 3 rings (SSSR count). The number of aromatic nitrogens is 3. The first-order chi connectivity index (χ1) is 11.5. The van der Waals surface area contributed by atoms with Crippen molar-refractivity contribution in [3.8, 4) is 0 Å². The molecule has 1 amide bonds. The molecule has 0 radical (unpaired) electrons. The summed E-state index contributed by atoms with van der Waals surface area (Å²) in [5.74, 6) is -0.593. The number of carboxylic acids is 1. The summed E-state index contributed by atoms with van der Waals surface area (Å²) >= 11 is 0. The maximum absolute atomic E-state index is 12.9. The highest BCUT2D eigenvalue weighted by Crippen LogP contribution is 2.43. The van der Waals surface area contributed by atoms with Crippen molar-refractivity contribution < 1.29 is 19.4 Å². The van der Waals surface area contributed by atoms with Crippen LogP contribution in [0.3, 0.4) is 0 Å². The molecule has 1 saturated carbocycles. The Morgan fingerprint density at radius 2 is 2.21 bits per heavy atom. The molecule has 1 N–H and O–H groups in total. The van der Waals surface area contributed by atoms with Crippen LogP contribution in [0.25, 0.3) is 0 Å². The largest absolute Gasteiger partial charge is 0.476 e. The zero-order valence-corrected chi connectivity index (χ0v) is 14.0. The molecule has 0 spiro atoms. The number of carboxylic acid groups (broad SMARTS) is 1. The normalized spacial score (nSPS) is 22.9. The van der Waals surface area contributed by atoms with Crippen LogP contribution >= 0.6 is 0 Å². The summed E-state index contributed by atoms with van der Waals surface area (Å²) in [7, 11) is 1.65. The number of carbonyl (C=O) groups is 2. The minimum Gasteiger partial charge on any atom is -0.476 e. The van der Waals surface area contributed by atoms with Gasteiger partial charge in [0.15, 0.2) is 5.69 Å². The molecule has 1 atom stereocenters. The lowest BCUT2D eigenvalue weighted by Gasteiger charge is -2.45. The molecular weight excluding hydrogens is 312 g/mol. The summed E-state index contributed by atoms with van der Waals surface area (Å²) in [5.41, 5.74) is -0.368. The monoisotopic (exact) mass is 336 g/mol. The topological polar surface area (TPSA) is 97.5 Å². The maximum Gasteiger partial charge on any atom is 0.358 e. The lowest BCUT2D eigenvalue weighted by atomic mass is 9.68. The van der Waals surface area contributed by atoms with Crippen molar-refractivity contribution in [2.75, 3.05) is 26.8 Å². The van der Waals surface area contributed by atoms with Crippen molar-refractivity contribution >= 4 is 11.9 Å². The van der Waals surface area contributed by atoms with Gasteiger partial charge < -0.3 is 14.7 Å². The van der Waals surface area contributed by atoms with Gasteiger partial charge in [-0.3, -0.25) is 9.48 Å². The molecule has 132 valence electrons. The molecule has 0 bridgehead atoms. The first-order valence-corrected chi connectivity index (χ1v) is 8.46. The maximum atomic E-state index is 12.9. The van der Waals surface area contributed by atoms with Gasteiger partial charge in [0, 0.05) is 26.7 Å². The van der Waals surface area contributed by atoms with Gasteiger partial charge in [0.2, 0.25) is 5.91 Å². The van der Waals surface area contributed by atoms with Crippen LogP contribution in [0.15, 0.2) is 6.20 Å². The number of hydrogen-bond donors (Lipinski definition) is 1. The zero-order chi connectivity index (χ0) is 17.2. The number of methoxy groups -OCH3 is 1.